The molecule has 0 aliphatic heterocycles. The van der Waals surface area contributed by atoms with Crippen molar-refractivity contribution in [3.05, 3.63) is 30.1 Å². The fourth-order valence-electron chi connectivity index (χ4n) is 2.42. The van der Waals surface area contributed by atoms with Crippen LogP contribution < -0.4 is 10.6 Å². The van der Waals surface area contributed by atoms with Gasteiger partial charge in [-0.1, -0.05) is 6.07 Å². The summed E-state index contributed by atoms with van der Waals surface area (Å²) in [5, 5.41) is 6.74. The van der Waals surface area contributed by atoms with Crippen LogP contribution in [0.5, 0.6) is 0 Å². The topological polar surface area (TPSA) is 41.9 Å². The van der Waals surface area contributed by atoms with E-state index in [0.29, 0.717) is 0 Å². The third kappa shape index (κ3) is 2.13. The number of aromatic nitrogens is 2. The van der Waals surface area contributed by atoms with Crippen molar-refractivity contribution in [3.63, 3.8) is 0 Å². The molecule has 0 amide bonds. The highest BCUT2D eigenvalue weighted by Crippen LogP contribution is 2.27. The predicted molar refractivity (Wildman–Crippen MR) is 75.7 cm³/mol. The largest absolute Gasteiger partial charge is 0.334 e. The Hall–Kier alpha value is -1.39. The van der Waals surface area contributed by atoms with Crippen molar-refractivity contribution in [2.24, 2.45) is 7.05 Å². The van der Waals surface area contributed by atoms with Gasteiger partial charge in [0.2, 0.25) is 0 Å². The summed E-state index contributed by atoms with van der Waals surface area (Å²) >= 11 is 0. The van der Waals surface area contributed by atoms with Gasteiger partial charge in [0.1, 0.15) is 0 Å². The van der Waals surface area contributed by atoms with Gasteiger partial charge in [-0.3, -0.25) is 0 Å². The third-order valence-corrected chi connectivity index (χ3v) is 3.74. The van der Waals surface area contributed by atoms with Gasteiger partial charge in [-0.2, -0.15) is 0 Å². The molecule has 4 heteroatoms. The van der Waals surface area contributed by atoms with Crippen LogP contribution in [0.3, 0.4) is 0 Å². The Morgan fingerprint density at radius 3 is 2.61 bits per heavy atom. The zero-order valence-corrected chi connectivity index (χ0v) is 11.8. The van der Waals surface area contributed by atoms with Gasteiger partial charge in [0.25, 0.3) is 0 Å². The van der Waals surface area contributed by atoms with Gasteiger partial charge in [-0.05, 0) is 45.6 Å². The lowest BCUT2D eigenvalue weighted by Crippen LogP contribution is -2.47. The fraction of sp³-hybridized carbons (Fsp3) is 0.500. The predicted octanol–water partition coefficient (Wildman–Crippen LogP) is 1.83. The van der Waals surface area contributed by atoms with E-state index in [1.807, 2.05) is 32.0 Å². The molecule has 0 spiro atoms. The van der Waals surface area contributed by atoms with E-state index in [1.54, 1.807) is 0 Å². The Bertz CT molecular complexity index is 542. The van der Waals surface area contributed by atoms with Gasteiger partial charge in [-0.15, -0.1) is 0 Å². The van der Waals surface area contributed by atoms with Gasteiger partial charge in [0, 0.05) is 18.6 Å². The number of imidazole rings is 1. The maximum absolute atomic E-state index is 4.42. The Kier molecular flexibility index (Phi) is 3.41. The zero-order valence-electron chi connectivity index (χ0n) is 11.8. The first kappa shape index (κ1) is 13.1. The second kappa shape index (κ2) is 4.71. The molecule has 18 heavy (non-hydrogen) atoms. The van der Waals surface area contributed by atoms with Gasteiger partial charge < -0.3 is 15.2 Å². The second-order valence-corrected chi connectivity index (χ2v) is 5.30. The summed E-state index contributed by atoms with van der Waals surface area (Å²) in [7, 11) is 6.00. The lowest BCUT2D eigenvalue weighted by Gasteiger charge is -2.34. The molecular weight excluding hydrogens is 224 g/mol. The SMILES string of the molecule is CNC(c1ccc2c(c1)ncn2C)C(C)(C)NC. The van der Waals surface area contributed by atoms with Gasteiger partial charge >= 0.3 is 0 Å². The van der Waals surface area contributed by atoms with E-state index in [-0.39, 0.29) is 11.6 Å². The molecule has 1 heterocycles. The van der Waals surface area contributed by atoms with Crippen LogP contribution in [-0.4, -0.2) is 29.2 Å². The average Bonchev–Trinajstić information content (AvgIpc) is 2.71. The van der Waals surface area contributed by atoms with E-state index in [1.165, 1.54) is 5.56 Å². The highest BCUT2D eigenvalue weighted by atomic mass is 15.0. The first-order chi connectivity index (χ1) is 8.49. The number of likely N-dealkylation sites (N-methyl/N-ethyl adjacent to an activating group) is 2. The van der Waals surface area contributed by atoms with Crippen LogP contribution in [0.15, 0.2) is 24.5 Å². The van der Waals surface area contributed by atoms with Crippen LogP contribution in [0.2, 0.25) is 0 Å². The van der Waals surface area contributed by atoms with Crippen molar-refractivity contribution < 1.29 is 0 Å². The molecule has 2 aromatic rings. The van der Waals surface area contributed by atoms with Gasteiger partial charge in [-0.25, -0.2) is 4.98 Å². The zero-order chi connectivity index (χ0) is 13.3. The standard InChI is InChI=1S/C14H22N4/c1-14(2,16-4)13(15-3)10-6-7-12-11(8-10)17-9-18(12)5/h6-9,13,15-16H,1-5H3. The van der Waals surface area contributed by atoms with Crippen LogP contribution in [0, 0.1) is 0 Å². The molecule has 1 unspecified atom stereocenters. The summed E-state index contributed by atoms with van der Waals surface area (Å²) in [6.07, 6.45) is 1.85. The molecule has 1 aromatic carbocycles. The minimum atomic E-state index is -0.0167. The van der Waals surface area contributed by atoms with Crippen LogP contribution in [0.25, 0.3) is 11.0 Å². The van der Waals surface area contributed by atoms with Crippen LogP contribution >= 0.6 is 0 Å². The Labute approximate surface area is 108 Å². The normalized spacial score (nSPS) is 14.1. The molecule has 4 nitrogen and oxygen atoms in total. The van der Waals surface area contributed by atoms with Crippen LogP contribution in [0.1, 0.15) is 25.5 Å². The summed E-state index contributed by atoms with van der Waals surface area (Å²) in [6, 6.07) is 6.71. The first-order valence-electron chi connectivity index (χ1n) is 6.26. The molecule has 98 valence electrons. The smallest absolute Gasteiger partial charge is 0.0955 e. The molecule has 2 N–H and O–H groups in total. The molecule has 0 aliphatic rings. The molecule has 1 aromatic heterocycles. The Balaban J connectivity index is 2.46. The number of fused-ring (bicyclic) bond motifs is 1. The van der Waals surface area contributed by atoms with Crippen molar-refractivity contribution in [3.8, 4) is 0 Å². The molecular formula is C14H22N4. The summed E-state index contributed by atoms with van der Waals surface area (Å²) in [4.78, 5) is 4.42. The van der Waals surface area contributed by atoms with Crippen molar-refractivity contribution >= 4 is 11.0 Å². The highest BCUT2D eigenvalue weighted by Gasteiger charge is 2.28. The number of nitrogens with one attached hydrogen (secondary N) is 2. The van der Waals surface area contributed by atoms with E-state index in [4.69, 9.17) is 0 Å². The molecule has 0 radical (unpaired) electrons. The fourth-order valence-corrected chi connectivity index (χ4v) is 2.42. The van der Waals surface area contributed by atoms with E-state index in [2.05, 4.69) is 47.7 Å². The van der Waals surface area contributed by atoms with Crippen molar-refractivity contribution in [1.29, 1.82) is 0 Å². The third-order valence-electron chi connectivity index (χ3n) is 3.74. The minimum Gasteiger partial charge on any atom is -0.334 e. The molecule has 0 bridgehead atoms. The first-order valence-corrected chi connectivity index (χ1v) is 6.26. The number of aryl methyl sites for hydroxylation is 1. The summed E-state index contributed by atoms with van der Waals surface area (Å²) in [6.45, 7) is 4.38. The van der Waals surface area contributed by atoms with Gasteiger partial charge in [0.15, 0.2) is 0 Å². The number of rotatable bonds is 4. The average molecular weight is 246 g/mol. The number of hydrogen-bond donors (Lipinski definition) is 2. The molecule has 0 aliphatic carbocycles. The monoisotopic (exact) mass is 246 g/mol. The van der Waals surface area contributed by atoms with E-state index < -0.39 is 0 Å². The Morgan fingerprint density at radius 1 is 1.28 bits per heavy atom. The summed E-state index contributed by atoms with van der Waals surface area (Å²) < 4.78 is 2.04. The molecule has 2 rings (SSSR count). The number of benzene rings is 1. The van der Waals surface area contributed by atoms with Crippen LogP contribution in [0.4, 0.5) is 0 Å². The quantitative estimate of drug-likeness (QED) is 0.865. The van der Waals surface area contributed by atoms with Crippen molar-refractivity contribution in [1.82, 2.24) is 20.2 Å². The van der Waals surface area contributed by atoms with Crippen molar-refractivity contribution in [2.75, 3.05) is 14.1 Å². The molecule has 0 saturated heterocycles. The Morgan fingerprint density at radius 2 is 2.00 bits per heavy atom. The lowest BCUT2D eigenvalue weighted by atomic mass is 9.88. The molecule has 0 fully saturated rings. The minimum absolute atomic E-state index is 0.0167. The number of hydrogen-bond acceptors (Lipinski definition) is 3. The van der Waals surface area contributed by atoms with E-state index >= 15 is 0 Å². The van der Waals surface area contributed by atoms with E-state index in [9.17, 15) is 0 Å². The summed E-state index contributed by atoms with van der Waals surface area (Å²) in [5.41, 5.74) is 3.44. The highest BCUT2D eigenvalue weighted by molar-refractivity contribution is 5.76. The maximum atomic E-state index is 4.42. The molecule has 0 saturated carbocycles. The van der Waals surface area contributed by atoms with E-state index in [0.717, 1.165) is 11.0 Å². The maximum Gasteiger partial charge on any atom is 0.0955 e. The number of nitrogens with zero attached hydrogens (tertiary/aromatic N) is 2. The summed E-state index contributed by atoms with van der Waals surface area (Å²) in [5.74, 6) is 0. The van der Waals surface area contributed by atoms with Gasteiger partial charge in [0.05, 0.1) is 17.4 Å². The van der Waals surface area contributed by atoms with Crippen LogP contribution in [-0.2, 0) is 7.05 Å². The van der Waals surface area contributed by atoms with Crippen molar-refractivity contribution in [2.45, 2.75) is 25.4 Å². The lowest BCUT2D eigenvalue weighted by molar-refractivity contribution is 0.311. The molecule has 1 atom stereocenters. The second-order valence-electron chi connectivity index (χ2n) is 5.30.